The number of carbonyl (C=O) groups is 4. The largest absolute Gasteiger partial charge is 0.380 e. The molecule has 68 heavy (non-hydrogen) atoms. The Morgan fingerprint density at radius 1 is 0.926 bits per heavy atom. The molecule has 0 saturated carbocycles. The molecule has 362 valence electrons. The Balaban J connectivity index is 0.840. The fourth-order valence-corrected chi connectivity index (χ4v) is 10.6. The van der Waals surface area contributed by atoms with E-state index in [9.17, 15) is 19.2 Å². The number of likely N-dealkylation sites (tertiary alicyclic amines) is 1. The van der Waals surface area contributed by atoms with E-state index in [1.54, 1.807) is 22.7 Å². The molecule has 0 radical (unpaired) electrons. The molecule has 5 aromatic rings. The number of hydrogen-bond acceptors (Lipinski definition) is 13. The third kappa shape index (κ3) is 11.7. The van der Waals surface area contributed by atoms with Crippen LogP contribution >= 0.6 is 34.3 Å². The number of nitrogens with zero attached hydrogens (tertiary/aromatic N) is 6. The normalized spacial score (nSPS) is 17.7. The second-order valence-electron chi connectivity index (χ2n) is 18.5. The molecule has 2 aliphatic heterocycles. The van der Waals surface area contributed by atoms with Crippen molar-refractivity contribution in [2.24, 2.45) is 16.1 Å². The van der Waals surface area contributed by atoms with Gasteiger partial charge in [0.2, 0.25) is 23.6 Å². The molecule has 16 nitrogen and oxygen atoms in total. The van der Waals surface area contributed by atoms with Gasteiger partial charge in [-0.25, -0.2) is 4.98 Å². The number of fused-ring (bicyclic) bond motifs is 3. The van der Waals surface area contributed by atoms with Gasteiger partial charge in [0, 0.05) is 53.4 Å². The molecule has 5 N–H and O–H groups in total. The summed E-state index contributed by atoms with van der Waals surface area (Å²) >= 11 is 9.47. The Hall–Kier alpha value is -5.37. The molecule has 4 amide bonds. The van der Waals surface area contributed by atoms with Gasteiger partial charge in [-0.3, -0.25) is 28.7 Å². The number of carbonyl (C=O) groups excluding carboxylic acids is 4. The van der Waals surface area contributed by atoms with Gasteiger partial charge in [0.25, 0.3) is 0 Å². The zero-order valence-corrected chi connectivity index (χ0v) is 42.2. The van der Waals surface area contributed by atoms with Gasteiger partial charge in [-0.2, -0.15) is 0 Å². The number of nitrogens with two attached hydrogens (primary N) is 1. The number of aryl methyl sites for hydroxylation is 3. The summed E-state index contributed by atoms with van der Waals surface area (Å²) in [6.07, 6.45) is 0.868. The lowest BCUT2D eigenvalue weighted by atomic mass is 9.85. The van der Waals surface area contributed by atoms with Crippen LogP contribution in [0.15, 0.2) is 59.0 Å². The van der Waals surface area contributed by atoms with Crippen molar-refractivity contribution < 1.29 is 28.7 Å². The summed E-state index contributed by atoms with van der Waals surface area (Å²) in [7, 11) is 0. The Kier molecular flexibility index (Phi) is 16.3. The van der Waals surface area contributed by atoms with Gasteiger partial charge in [-0.1, -0.05) is 68.8 Å². The molecule has 1 fully saturated rings. The second kappa shape index (κ2) is 21.9. The van der Waals surface area contributed by atoms with Crippen molar-refractivity contribution in [1.82, 2.24) is 40.6 Å². The van der Waals surface area contributed by atoms with E-state index in [0.717, 1.165) is 54.0 Å². The smallest absolute Gasteiger partial charge is 0.246 e. The first-order valence-corrected chi connectivity index (χ1v) is 24.9. The molecule has 3 aromatic heterocycles. The summed E-state index contributed by atoms with van der Waals surface area (Å²) < 4.78 is 13.4. The number of benzene rings is 2. The van der Waals surface area contributed by atoms with E-state index in [-0.39, 0.29) is 63.1 Å². The van der Waals surface area contributed by atoms with E-state index >= 15 is 0 Å². The van der Waals surface area contributed by atoms with Crippen LogP contribution in [0.1, 0.15) is 104 Å². The summed E-state index contributed by atoms with van der Waals surface area (Å²) in [5, 5.41) is 19.3. The van der Waals surface area contributed by atoms with E-state index in [1.165, 1.54) is 4.90 Å². The fourth-order valence-electron chi connectivity index (χ4n) is 8.45. The van der Waals surface area contributed by atoms with Crippen LogP contribution in [0.5, 0.6) is 0 Å². The molecular formula is C49H61ClN10O6S2. The Morgan fingerprint density at radius 3 is 2.32 bits per heavy atom. The van der Waals surface area contributed by atoms with Gasteiger partial charge in [0.05, 0.1) is 40.9 Å². The SMILES string of the molecule is Cc1ncsc1-c1ccc([C@H](C)NC(=O)[C@@H]2C[C@@H](N)CN2C(=O)[C@@H](NC(=O)COCCCOCCNC(=O)C[C@@H]2N=C(c3ccc(Cl)cc3)c3c(sc(C)c3C)-n3c(C)nnc32)C(C)(C)C)cc1. The molecule has 2 aromatic carbocycles. The van der Waals surface area contributed by atoms with Crippen molar-refractivity contribution in [3.05, 3.63) is 104 Å². The number of halogens is 1. The molecule has 5 heterocycles. The summed E-state index contributed by atoms with van der Waals surface area (Å²) in [5.74, 6) is -0.0110. The minimum atomic E-state index is -0.928. The van der Waals surface area contributed by atoms with Gasteiger partial charge in [-0.15, -0.1) is 32.9 Å². The van der Waals surface area contributed by atoms with Crippen molar-refractivity contribution in [1.29, 1.82) is 0 Å². The fraction of sp³-hybridized carbons (Fsp3) is 0.469. The highest BCUT2D eigenvalue weighted by atomic mass is 35.5. The first-order chi connectivity index (χ1) is 32.4. The highest BCUT2D eigenvalue weighted by molar-refractivity contribution is 7.15. The summed E-state index contributed by atoms with van der Waals surface area (Å²) in [5.41, 5.74) is 14.2. The number of aliphatic imine (C=N–C) groups is 1. The number of hydrogen-bond donors (Lipinski definition) is 4. The highest BCUT2D eigenvalue weighted by Gasteiger charge is 2.44. The number of amides is 4. The quantitative estimate of drug-likeness (QED) is 0.0702. The van der Waals surface area contributed by atoms with Crippen LogP contribution in [0, 0.1) is 33.1 Å². The summed E-state index contributed by atoms with van der Waals surface area (Å²) in [4.78, 5) is 67.6. The lowest BCUT2D eigenvalue weighted by Crippen LogP contribution is -2.58. The number of rotatable bonds is 18. The molecule has 2 aliphatic rings. The van der Waals surface area contributed by atoms with Crippen LogP contribution in [0.25, 0.3) is 15.4 Å². The molecule has 1 saturated heterocycles. The van der Waals surface area contributed by atoms with Crippen LogP contribution in [0.4, 0.5) is 0 Å². The third-order valence-electron chi connectivity index (χ3n) is 12.2. The predicted molar refractivity (Wildman–Crippen MR) is 265 cm³/mol. The van der Waals surface area contributed by atoms with Crippen molar-refractivity contribution in [2.45, 2.75) is 105 Å². The molecule has 0 bridgehead atoms. The van der Waals surface area contributed by atoms with Crippen LogP contribution < -0.4 is 21.7 Å². The van der Waals surface area contributed by atoms with Crippen molar-refractivity contribution in [3.8, 4) is 15.4 Å². The molecule has 0 unspecified atom stereocenters. The maximum Gasteiger partial charge on any atom is 0.246 e. The van der Waals surface area contributed by atoms with Crippen molar-refractivity contribution in [3.63, 3.8) is 0 Å². The van der Waals surface area contributed by atoms with Gasteiger partial charge in [0.1, 0.15) is 35.6 Å². The van der Waals surface area contributed by atoms with E-state index in [1.807, 2.05) is 100 Å². The number of aromatic nitrogens is 4. The van der Waals surface area contributed by atoms with Crippen LogP contribution in [0.3, 0.4) is 0 Å². The highest BCUT2D eigenvalue weighted by Crippen LogP contribution is 2.40. The average Bonchev–Trinajstić information content (AvgIpc) is 4.07. The first kappa shape index (κ1) is 50.5. The number of thiazole rings is 1. The molecular weight excluding hydrogens is 924 g/mol. The van der Waals surface area contributed by atoms with Gasteiger partial charge in [0.15, 0.2) is 5.82 Å². The van der Waals surface area contributed by atoms with Crippen LogP contribution in [-0.4, -0.2) is 112 Å². The number of nitrogens with one attached hydrogen (secondary N) is 3. The van der Waals surface area contributed by atoms with Crippen LogP contribution in [0.2, 0.25) is 5.02 Å². The first-order valence-electron chi connectivity index (χ1n) is 22.9. The molecule has 7 rings (SSSR count). The van der Waals surface area contributed by atoms with E-state index < -0.39 is 35.5 Å². The zero-order valence-electron chi connectivity index (χ0n) is 39.9. The maximum atomic E-state index is 14.1. The number of ether oxygens (including phenoxy) is 2. The summed E-state index contributed by atoms with van der Waals surface area (Å²) in [6.45, 7) is 16.6. The second-order valence-corrected chi connectivity index (χ2v) is 21.0. The third-order valence-corrected chi connectivity index (χ3v) is 14.7. The van der Waals surface area contributed by atoms with E-state index in [2.05, 4.69) is 45.0 Å². The Labute approximate surface area is 410 Å². The lowest BCUT2D eigenvalue weighted by Gasteiger charge is -2.35. The predicted octanol–water partition coefficient (Wildman–Crippen LogP) is 6.50. The zero-order chi connectivity index (χ0) is 48.9. The van der Waals surface area contributed by atoms with Gasteiger partial charge in [-0.05, 0) is 81.7 Å². The van der Waals surface area contributed by atoms with Gasteiger partial charge < -0.3 is 36.1 Å². The Morgan fingerprint density at radius 2 is 1.63 bits per heavy atom. The summed E-state index contributed by atoms with van der Waals surface area (Å²) in [6, 6.07) is 12.5. The topological polar surface area (TPSA) is 208 Å². The minimum absolute atomic E-state index is 0.0609. The maximum absolute atomic E-state index is 14.1. The molecule has 19 heteroatoms. The standard InChI is InChI=1S/C49H61ClN10O6S2/c1-27-30(4)68-48-41(27)42(33-14-16-35(50)17-15-33)55-37(45-58-57-31(5)60(45)48)23-39(61)52-18-21-65-19-9-20-66-25-40(62)56-44(49(6,7)8)47(64)59-24-36(51)22-38(59)46(63)54-28(2)32-10-12-34(13-11-32)43-29(3)53-26-67-43/h10-17,26,28,36-38,44H,9,18-25,51H2,1-8H3,(H,52,61)(H,54,63)(H,56,62)/t28-,36+,37-,38-,44+/m0/s1. The average molecular weight is 986 g/mol. The van der Waals surface area contributed by atoms with E-state index in [4.69, 9.17) is 31.8 Å². The minimum Gasteiger partial charge on any atom is -0.380 e. The molecule has 5 atom stereocenters. The van der Waals surface area contributed by atoms with Crippen molar-refractivity contribution in [2.75, 3.05) is 39.5 Å². The molecule has 0 spiro atoms. The van der Waals surface area contributed by atoms with E-state index in [0.29, 0.717) is 36.1 Å². The molecule has 0 aliphatic carbocycles. The lowest BCUT2D eigenvalue weighted by molar-refractivity contribution is -0.144. The van der Waals surface area contributed by atoms with Crippen LogP contribution in [-0.2, 0) is 28.7 Å². The van der Waals surface area contributed by atoms with Crippen molar-refractivity contribution >= 4 is 63.6 Å². The van der Waals surface area contributed by atoms with Gasteiger partial charge >= 0.3 is 0 Å². The Bertz CT molecular complexity index is 2640. The number of thiophene rings is 1. The monoisotopic (exact) mass is 984 g/mol.